The predicted molar refractivity (Wildman–Crippen MR) is 57.2 cm³/mol. The Kier molecular flexibility index (Phi) is 4.11. The average molecular weight is 246 g/mol. The van der Waals surface area contributed by atoms with Gasteiger partial charge >= 0.3 is 6.18 Å². The lowest BCUT2D eigenvalue weighted by molar-refractivity contribution is -0.130. The highest BCUT2D eigenvalue weighted by molar-refractivity contribution is 5.81. The minimum absolute atomic E-state index is 0.462. The molecule has 6 heteroatoms. The molecule has 3 nitrogen and oxygen atoms in total. The van der Waals surface area contributed by atoms with Gasteiger partial charge in [-0.2, -0.15) is 13.2 Å². The lowest BCUT2D eigenvalue weighted by atomic mass is 10.0. The minimum atomic E-state index is -4.38. The summed E-state index contributed by atoms with van der Waals surface area (Å²) in [4.78, 5) is 11.2. The Labute approximate surface area is 96.8 Å². The Morgan fingerprint density at radius 2 is 2.00 bits per heavy atom. The number of rotatable bonds is 4. The quantitative estimate of drug-likeness (QED) is 0.849. The molecule has 1 amide bonds. The van der Waals surface area contributed by atoms with Crippen LogP contribution in [0, 0.1) is 6.92 Å². The number of carbonyl (C=O) groups excluding carboxylic acids is 1. The van der Waals surface area contributed by atoms with Gasteiger partial charge in [-0.25, -0.2) is 0 Å². The van der Waals surface area contributed by atoms with Crippen LogP contribution >= 0.6 is 0 Å². The van der Waals surface area contributed by atoms with Gasteiger partial charge < -0.3 is 5.73 Å². The van der Waals surface area contributed by atoms with E-state index in [1.54, 1.807) is 31.2 Å². The maximum absolute atomic E-state index is 12.1. The van der Waals surface area contributed by atoms with E-state index >= 15 is 0 Å². The molecule has 1 unspecified atom stereocenters. The fourth-order valence-corrected chi connectivity index (χ4v) is 1.49. The molecule has 0 aliphatic heterocycles. The van der Waals surface area contributed by atoms with E-state index in [4.69, 9.17) is 5.73 Å². The number of nitrogens with two attached hydrogens (primary N) is 1. The van der Waals surface area contributed by atoms with Gasteiger partial charge in [-0.05, 0) is 18.1 Å². The van der Waals surface area contributed by atoms with Crippen LogP contribution in [0.1, 0.15) is 17.2 Å². The van der Waals surface area contributed by atoms with Crippen LogP contribution in [0.5, 0.6) is 0 Å². The number of aryl methyl sites for hydroxylation is 1. The highest BCUT2D eigenvalue weighted by Crippen LogP contribution is 2.19. The van der Waals surface area contributed by atoms with Crippen molar-refractivity contribution in [3.8, 4) is 0 Å². The summed E-state index contributed by atoms with van der Waals surface area (Å²) < 4.78 is 36.2. The molecule has 1 rings (SSSR count). The summed E-state index contributed by atoms with van der Waals surface area (Å²) >= 11 is 0. The summed E-state index contributed by atoms with van der Waals surface area (Å²) in [5, 5.41) is 2.12. The van der Waals surface area contributed by atoms with Gasteiger partial charge in [0.1, 0.15) is 6.04 Å². The average Bonchev–Trinajstić information content (AvgIpc) is 2.18. The number of nitrogens with one attached hydrogen (secondary N) is 1. The number of halogens is 3. The molecule has 0 saturated heterocycles. The second-order valence-corrected chi connectivity index (χ2v) is 3.69. The number of amides is 1. The maximum Gasteiger partial charge on any atom is 0.401 e. The maximum atomic E-state index is 12.1. The van der Waals surface area contributed by atoms with E-state index < -0.39 is 24.7 Å². The van der Waals surface area contributed by atoms with E-state index in [2.05, 4.69) is 5.32 Å². The second-order valence-electron chi connectivity index (χ2n) is 3.69. The molecule has 0 fully saturated rings. The minimum Gasteiger partial charge on any atom is -0.368 e. The normalized spacial score (nSPS) is 13.4. The fourth-order valence-electron chi connectivity index (χ4n) is 1.49. The zero-order chi connectivity index (χ0) is 13.1. The molecule has 1 atom stereocenters. The number of benzene rings is 1. The van der Waals surface area contributed by atoms with E-state index in [0.717, 1.165) is 0 Å². The molecule has 94 valence electrons. The van der Waals surface area contributed by atoms with E-state index in [1.165, 1.54) is 0 Å². The first-order chi connectivity index (χ1) is 7.81. The van der Waals surface area contributed by atoms with Crippen LogP contribution in [0.2, 0.25) is 0 Å². The van der Waals surface area contributed by atoms with Gasteiger partial charge in [0.2, 0.25) is 5.91 Å². The lowest BCUT2D eigenvalue weighted by Gasteiger charge is -2.18. The van der Waals surface area contributed by atoms with Gasteiger partial charge in [0, 0.05) is 0 Å². The Morgan fingerprint density at radius 1 is 1.41 bits per heavy atom. The molecule has 0 saturated carbocycles. The zero-order valence-corrected chi connectivity index (χ0v) is 9.21. The Hall–Kier alpha value is -1.56. The molecule has 0 radical (unpaired) electrons. The smallest absolute Gasteiger partial charge is 0.368 e. The van der Waals surface area contributed by atoms with Gasteiger partial charge in [-0.3, -0.25) is 10.1 Å². The highest BCUT2D eigenvalue weighted by Gasteiger charge is 2.30. The molecule has 0 heterocycles. The summed E-state index contributed by atoms with van der Waals surface area (Å²) in [6, 6.07) is 5.54. The van der Waals surface area contributed by atoms with Crippen molar-refractivity contribution in [1.29, 1.82) is 0 Å². The third-order valence-corrected chi connectivity index (χ3v) is 2.29. The van der Waals surface area contributed by atoms with Crippen LogP contribution in [0.4, 0.5) is 13.2 Å². The molecule has 0 aromatic heterocycles. The fraction of sp³-hybridized carbons (Fsp3) is 0.364. The first kappa shape index (κ1) is 13.5. The molecule has 3 N–H and O–H groups in total. The second kappa shape index (κ2) is 5.18. The van der Waals surface area contributed by atoms with Gasteiger partial charge in [-0.15, -0.1) is 0 Å². The van der Waals surface area contributed by atoms with Crippen molar-refractivity contribution in [3.63, 3.8) is 0 Å². The van der Waals surface area contributed by atoms with Crippen molar-refractivity contribution < 1.29 is 18.0 Å². The Balaban J connectivity index is 2.88. The summed E-state index contributed by atoms with van der Waals surface area (Å²) in [7, 11) is 0. The van der Waals surface area contributed by atoms with Gasteiger partial charge in [-0.1, -0.05) is 24.3 Å². The van der Waals surface area contributed by atoms with E-state index in [0.29, 0.717) is 11.1 Å². The largest absolute Gasteiger partial charge is 0.401 e. The third kappa shape index (κ3) is 4.07. The topological polar surface area (TPSA) is 55.1 Å². The van der Waals surface area contributed by atoms with Gasteiger partial charge in [0.05, 0.1) is 6.54 Å². The van der Waals surface area contributed by atoms with E-state index in [-0.39, 0.29) is 0 Å². The Morgan fingerprint density at radius 3 is 2.47 bits per heavy atom. The summed E-state index contributed by atoms with van der Waals surface area (Å²) in [5.74, 6) is -0.830. The van der Waals surface area contributed by atoms with Crippen LogP contribution in [-0.4, -0.2) is 18.6 Å². The van der Waals surface area contributed by atoms with Crippen LogP contribution < -0.4 is 11.1 Å². The molecule has 0 bridgehead atoms. The summed E-state index contributed by atoms with van der Waals surface area (Å²) in [5.41, 5.74) is 6.27. The standard InChI is InChI=1S/C11H13F3N2O/c1-7-4-2-3-5-8(7)9(10(15)17)16-6-11(12,13)14/h2-5,9,16H,6H2,1H3,(H2,15,17). The van der Waals surface area contributed by atoms with Crippen molar-refractivity contribution in [1.82, 2.24) is 5.32 Å². The van der Waals surface area contributed by atoms with Crippen molar-refractivity contribution in [2.45, 2.75) is 19.1 Å². The Bertz CT molecular complexity index is 404. The predicted octanol–water partition coefficient (Wildman–Crippen LogP) is 1.67. The number of carbonyl (C=O) groups is 1. The van der Waals surface area contributed by atoms with Crippen molar-refractivity contribution in [3.05, 3.63) is 35.4 Å². The SMILES string of the molecule is Cc1ccccc1C(NCC(F)(F)F)C(N)=O. The molecule has 0 aliphatic rings. The first-order valence-corrected chi connectivity index (χ1v) is 4.96. The molecular formula is C11H13F3N2O. The number of hydrogen-bond acceptors (Lipinski definition) is 2. The summed E-state index contributed by atoms with van der Waals surface area (Å²) in [6.45, 7) is 0.454. The summed E-state index contributed by atoms with van der Waals surface area (Å²) in [6.07, 6.45) is -4.38. The van der Waals surface area contributed by atoms with E-state index in [1.807, 2.05) is 0 Å². The van der Waals surface area contributed by atoms with Crippen LogP contribution in [0.3, 0.4) is 0 Å². The van der Waals surface area contributed by atoms with Crippen LogP contribution in [-0.2, 0) is 4.79 Å². The molecule has 0 aliphatic carbocycles. The van der Waals surface area contributed by atoms with Crippen molar-refractivity contribution in [2.24, 2.45) is 5.73 Å². The first-order valence-electron chi connectivity index (χ1n) is 4.96. The van der Waals surface area contributed by atoms with Crippen molar-refractivity contribution in [2.75, 3.05) is 6.54 Å². The molecular weight excluding hydrogens is 233 g/mol. The highest BCUT2D eigenvalue weighted by atomic mass is 19.4. The third-order valence-electron chi connectivity index (χ3n) is 2.29. The van der Waals surface area contributed by atoms with Crippen LogP contribution in [0.25, 0.3) is 0 Å². The monoisotopic (exact) mass is 246 g/mol. The molecule has 0 spiro atoms. The van der Waals surface area contributed by atoms with Gasteiger partial charge in [0.25, 0.3) is 0 Å². The van der Waals surface area contributed by atoms with Crippen molar-refractivity contribution >= 4 is 5.91 Å². The number of alkyl halides is 3. The zero-order valence-electron chi connectivity index (χ0n) is 9.21. The number of hydrogen-bond donors (Lipinski definition) is 2. The molecule has 17 heavy (non-hydrogen) atoms. The number of primary amides is 1. The molecule has 1 aromatic carbocycles. The van der Waals surface area contributed by atoms with Gasteiger partial charge in [0.15, 0.2) is 0 Å². The molecule has 1 aromatic rings. The van der Waals surface area contributed by atoms with Crippen LogP contribution in [0.15, 0.2) is 24.3 Å². The lowest BCUT2D eigenvalue weighted by Crippen LogP contribution is -2.39. The van der Waals surface area contributed by atoms with E-state index in [9.17, 15) is 18.0 Å².